The molecule has 5 aliphatic rings. The molecule has 5 heterocycles. The first-order chi connectivity index (χ1) is 45.4. The van der Waals surface area contributed by atoms with Crippen LogP contribution in [-0.2, 0) is 56.5 Å². The predicted octanol–water partition coefficient (Wildman–Crippen LogP) is 6.66. The SMILES string of the molecule is COc1cc2c(cc1OCCN(CCOc1cc3c(cc1OC)C(=O)N1Cc4ccccc4C[C@H]1C=N3)C(=O)OCc1ccc(NC(=O)[C@H](CCCNC(N)=O)NC(=O)[C@@H](NC(=O)CCCCCN3C(=O)C=CC3O)C(C)C)cc1)N=CC1Cc3ccccc3CN1C2=O. The number of anilines is 1. The van der Waals surface area contributed by atoms with E-state index in [4.69, 9.17) is 39.4 Å². The lowest BCUT2D eigenvalue weighted by Gasteiger charge is -2.34. The molecule has 25 heteroatoms. The number of hydrogen-bond donors (Lipinski definition) is 6. The number of nitrogens with two attached hydrogens (primary N) is 1. The lowest BCUT2D eigenvalue weighted by Crippen LogP contribution is -2.54. The zero-order valence-electron chi connectivity index (χ0n) is 53.0. The number of aliphatic hydroxyl groups is 1. The minimum absolute atomic E-state index is 0.0146. The minimum Gasteiger partial charge on any atom is -0.493 e. The molecule has 5 aromatic carbocycles. The van der Waals surface area contributed by atoms with Crippen LogP contribution in [0.3, 0.4) is 0 Å². The van der Waals surface area contributed by atoms with Gasteiger partial charge in [-0.3, -0.25) is 38.8 Å². The van der Waals surface area contributed by atoms with Crippen molar-refractivity contribution in [3.8, 4) is 23.0 Å². The summed E-state index contributed by atoms with van der Waals surface area (Å²) >= 11 is 0. The standard InChI is InChI=1S/C69H79N11O14/c1-42(2)63(76-60(81)18-6-5-11-26-78-61(82)23-24-62(78)83)65(85)75-53(17-12-25-71-68(70)88)64(84)74-48-21-19-43(20-22-48)41-94-69(89)77(27-29-92-58-35-54-51(33-56(58)90-3)66(86)79-39-46-15-9-7-13-44(46)31-49(79)37-72-54)28-30-93-59-36-55-52(34-57(59)91-4)67(87)80-40-47-16-10-8-14-45(47)32-50(80)38-73-55/h7-10,13-16,19-24,33-38,42,49-50,53,61,63,82H,5-6,11-12,17-18,25-32,39-41H2,1-4H3,(H,74,84)(H,75,85)(H,76,81)(H3,70,71,88)/t49-,50?,53-,61?,63-/m0/s1. The van der Waals surface area contributed by atoms with E-state index in [1.54, 1.807) is 84.6 Å². The van der Waals surface area contributed by atoms with Gasteiger partial charge in [0.25, 0.3) is 11.8 Å². The van der Waals surface area contributed by atoms with Crippen LogP contribution >= 0.6 is 0 Å². The van der Waals surface area contributed by atoms with Gasteiger partial charge in [0.2, 0.25) is 23.6 Å². The topological polar surface area (TPSA) is 315 Å². The van der Waals surface area contributed by atoms with Gasteiger partial charge in [0.05, 0.1) is 61.9 Å². The van der Waals surface area contributed by atoms with Gasteiger partial charge in [-0.2, -0.15) is 0 Å². The van der Waals surface area contributed by atoms with E-state index in [9.17, 15) is 43.5 Å². The van der Waals surface area contributed by atoms with E-state index in [0.717, 1.165) is 22.3 Å². The summed E-state index contributed by atoms with van der Waals surface area (Å²) in [5, 5.41) is 20.9. The highest BCUT2D eigenvalue weighted by atomic mass is 16.6. The Kier molecular flexibility index (Phi) is 21.9. The smallest absolute Gasteiger partial charge is 0.410 e. The van der Waals surface area contributed by atoms with Crippen LogP contribution in [-0.4, -0.2) is 169 Å². The Bertz CT molecular complexity index is 3600. The van der Waals surface area contributed by atoms with Crippen molar-refractivity contribution in [1.29, 1.82) is 0 Å². The second-order valence-electron chi connectivity index (χ2n) is 23.9. The quantitative estimate of drug-likeness (QED) is 0.0286. The molecule has 0 aliphatic carbocycles. The zero-order chi connectivity index (χ0) is 66.4. The first-order valence-electron chi connectivity index (χ1n) is 31.6. The monoisotopic (exact) mass is 1290 g/mol. The molecular formula is C69H79N11O14. The van der Waals surface area contributed by atoms with Gasteiger partial charge < -0.3 is 75.4 Å². The lowest BCUT2D eigenvalue weighted by atomic mass is 9.94. The highest BCUT2D eigenvalue weighted by Crippen LogP contribution is 2.40. The predicted molar refractivity (Wildman–Crippen MR) is 349 cm³/mol. The normalized spacial score (nSPS) is 17.2. The molecule has 0 saturated heterocycles. The van der Waals surface area contributed by atoms with Crippen LogP contribution in [0.2, 0.25) is 0 Å². The van der Waals surface area contributed by atoms with Crippen molar-refractivity contribution in [1.82, 2.24) is 35.6 Å². The van der Waals surface area contributed by atoms with E-state index in [-0.39, 0.29) is 100 Å². The maximum Gasteiger partial charge on any atom is 0.410 e. The zero-order valence-corrected chi connectivity index (χ0v) is 53.0. The third-order valence-corrected chi connectivity index (χ3v) is 17.2. The van der Waals surface area contributed by atoms with Crippen LogP contribution in [0, 0.1) is 5.92 Å². The average Bonchev–Trinajstić information content (AvgIpc) is 1.54. The molecule has 9 amide bonds. The van der Waals surface area contributed by atoms with Crippen molar-refractivity contribution >= 4 is 77.1 Å². The van der Waals surface area contributed by atoms with E-state index >= 15 is 0 Å². The summed E-state index contributed by atoms with van der Waals surface area (Å²) in [7, 11) is 2.95. The van der Waals surface area contributed by atoms with Crippen LogP contribution in [0.5, 0.6) is 23.0 Å². The highest BCUT2D eigenvalue weighted by molar-refractivity contribution is 6.05. The van der Waals surface area contributed by atoms with Crippen LogP contribution < -0.4 is 45.9 Å². The van der Waals surface area contributed by atoms with Gasteiger partial charge in [-0.1, -0.05) is 80.9 Å². The number of nitrogens with zero attached hydrogens (tertiary/aromatic N) is 6. The molecule has 5 atom stereocenters. The van der Waals surface area contributed by atoms with Gasteiger partial charge in [0.15, 0.2) is 23.0 Å². The summed E-state index contributed by atoms with van der Waals surface area (Å²) in [5.74, 6) is -1.36. The Morgan fingerprint density at radius 3 is 1.78 bits per heavy atom. The summed E-state index contributed by atoms with van der Waals surface area (Å²) < 4.78 is 30.1. The summed E-state index contributed by atoms with van der Waals surface area (Å²) in [6.45, 7) is 4.51. The molecule has 0 aromatic heterocycles. The molecule has 0 saturated carbocycles. The Morgan fingerprint density at radius 1 is 0.691 bits per heavy atom. The number of hydrogen-bond acceptors (Lipinski definition) is 16. The number of benzene rings is 5. The number of primary amides is 1. The molecule has 0 radical (unpaired) electrons. The van der Waals surface area contributed by atoms with Gasteiger partial charge in [0.1, 0.15) is 38.1 Å². The van der Waals surface area contributed by atoms with Gasteiger partial charge in [0, 0.05) is 68.9 Å². The molecule has 5 aromatic rings. The number of unbranched alkanes of at least 4 members (excludes halogenated alkanes) is 2. The van der Waals surface area contributed by atoms with Gasteiger partial charge in [-0.15, -0.1) is 0 Å². The Morgan fingerprint density at radius 2 is 1.26 bits per heavy atom. The summed E-state index contributed by atoms with van der Waals surface area (Å²) in [6, 6.07) is 25.8. The van der Waals surface area contributed by atoms with Crippen molar-refractivity contribution < 1.29 is 67.1 Å². The maximum atomic E-state index is 14.2. The second-order valence-corrected chi connectivity index (χ2v) is 23.9. The van der Waals surface area contributed by atoms with Gasteiger partial charge >= 0.3 is 12.1 Å². The molecule has 10 rings (SSSR count). The number of ether oxygens (including phenoxy) is 5. The Hall–Kier alpha value is -10.3. The molecular weight excluding hydrogens is 1210 g/mol. The number of aliphatic hydroxyl groups excluding tert-OH is 1. The molecule has 7 N–H and O–H groups in total. The van der Waals surface area contributed by atoms with E-state index in [2.05, 4.69) is 33.4 Å². The lowest BCUT2D eigenvalue weighted by molar-refractivity contribution is -0.132. The number of urea groups is 1. The molecule has 2 unspecified atom stereocenters. The van der Waals surface area contributed by atoms with Crippen LogP contribution in [0.25, 0.3) is 0 Å². The summed E-state index contributed by atoms with van der Waals surface area (Å²) in [5.41, 5.74) is 12.2. The van der Waals surface area contributed by atoms with E-state index in [1.807, 2.05) is 36.4 Å². The van der Waals surface area contributed by atoms with Crippen molar-refractivity contribution in [2.45, 2.75) is 115 Å². The molecule has 0 bridgehead atoms. The third-order valence-electron chi connectivity index (χ3n) is 17.2. The Balaban J connectivity index is 0.788. The number of carbonyl (C=O) groups excluding carboxylic acids is 8. The second kappa shape index (κ2) is 30.9. The first-order valence-corrected chi connectivity index (χ1v) is 31.6. The fraction of sp³-hybridized carbons (Fsp3) is 0.391. The molecule has 94 heavy (non-hydrogen) atoms. The van der Waals surface area contributed by atoms with Crippen molar-refractivity contribution in [2.24, 2.45) is 21.6 Å². The Labute approximate surface area is 544 Å². The number of methoxy groups -OCH3 is 2. The summed E-state index contributed by atoms with van der Waals surface area (Å²) in [6.07, 6.45) is 7.99. The molecule has 0 spiro atoms. The molecule has 494 valence electrons. The third kappa shape index (κ3) is 16.3. The first kappa shape index (κ1) is 66.6. The average molecular weight is 1290 g/mol. The van der Waals surface area contributed by atoms with Crippen molar-refractivity contribution in [3.63, 3.8) is 0 Å². The largest absolute Gasteiger partial charge is 0.493 e. The fourth-order valence-corrected chi connectivity index (χ4v) is 11.9. The fourth-order valence-electron chi connectivity index (χ4n) is 11.9. The van der Waals surface area contributed by atoms with E-state index in [0.29, 0.717) is 108 Å². The van der Waals surface area contributed by atoms with Crippen molar-refractivity contribution in [3.05, 3.63) is 148 Å². The number of fused-ring (bicyclic) bond motifs is 6. The van der Waals surface area contributed by atoms with Crippen LogP contribution in [0.1, 0.15) is 101 Å². The number of aliphatic imine (C=N–C) groups is 2. The summed E-state index contributed by atoms with van der Waals surface area (Å²) in [4.78, 5) is 123. The van der Waals surface area contributed by atoms with Gasteiger partial charge in [-0.05, 0) is 103 Å². The van der Waals surface area contributed by atoms with Crippen LogP contribution in [0.15, 0.2) is 119 Å². The van der Waals surface area contributed by atoms with Crippen LogP contribution in [0.4, 0.5) is 26.7 Å². The number of nitrogens with one attached hydrogen (secondary N) is 4. The number of carbonyl (C=O) groups is 8. The molecule has 5 aliphatic heterocycles. The number of rotatable bonds is 28. The van der Waals surface area contributed by atoms with E-state index in [1.165, 1.54) is 36.2 Å². The van der Waals surface area contributed by atoms with E-state index < -0.39 is 42.3 Å². The van der Waals surface area contributed by atoms with Crippen molar-refractivity contribution in [2.75, 3.05) is 58.9 Å². The highest BCUT2D eigenvalue weighted by Gasteiger charge is 2.36. The maximum absolute atomic E-state index is 14.2. The number of amides is 9. The molecule has 0 fully saturated rings. The van der Waals surface area contributed by atoms with Gasteiger partial charge in [-0.25, -0.2) is 9.59 Å². The molecule has 25 nitrogen and oxygen atoms in total. The minimum atomic E-state index is -1.10.